The van der Waals surface area contributed by atoms with Crippen molar-refractivity contribution in [3.63, 3.8) is 0 Å². The van der Waals surface area contributed by atoms with Crippen LogP contribution in [-0.2, 0) is 16.0 Å². The minimum Gasteiger partial charge on any atom is -0.369 e. The van der Waals surface area contributed by atoms with E-state index in [0.717, 1.165) is 44.5 Å². The number of aromatic nitrogens is 1. The van der Waals surface area contributed by atoms with Crippen LogP contribution in [0.5, 0.6) is 0 Å². The van der Waals surface area contributed by atoms with Crippen LogP contribution in [0.3, 0.4) is 0 Å². The number of nitrogens with zero attached hydrogens (tertiary/aromatic N) is 2. The van der Waals surface area contributed by atoms with E-state index in [9.17, 15) is 9.59 Å². The average Bonchev–Trinajstić information content (AvgIpc) is 2.73. The second kappa shape index (κ2) is 10.0. The number of benzene rings is 1. The molecule has 0 saturated carbocycles. The van der Waals surface area contributed by atoms with Crippen molar-refractivity contribution < 1.29 is 9.59 Å². The molecule has 29 heavy (non-hydrogen) atoms. The van der Waals surface area contributed by atoms with E-state index < -0.39 is 0 Å². The number of nitrogens with two attached hydrogens (primary N) is 1. The van der Waals surface area contributed by atoms with Crippen LogP contribution in [0.15, 0.2) is 42.6 Å². The normalized spacial score (nSPS) is 16.4. The highest BCUT2D eigenvalue weighted by molar-refractivity contribution is 5.90. The number of amides is 2. The lowest BCUT2D eigenvalue weighted by Gasteiger charge is -2.32. The van der Waals surface area contributed by atoms with Gasteiger partial charge in [0, 0.05) is 19.5 Å². The molecule has 2 heterocycles. The number of pyridine rings is 1. The summed E-state index contributed by atoms with van der Waals surface area (Å²) in [7, 11) is 0. The van der Waals surface area contributed by atoms with E-state index in [1.54, 1.807) is 6.20 Å². The van der Waals surface area contributed by atoms with E-state index >= 15 is 0 Å². The second-order valence-electron chi connectivity index (χ2n) is 7.83. The number of carbonyl (C=O) groups excluding carboxylic acids is 2. The van der Waals surface area contributed by atoms with Gasteiger partial charge in [-0.05, 0) is 56.7 Å². The number of hydrogen-bond donors (Lipinski definition) is 2. The van der Waals surface area contributed by atoms with Crippen molar-refractivity contribution in [3.8, 4) is 0 Å². The first-order chi connectivity index (χ1) is 14.0. The zero-order valence-corrected chi connectivity index (χ0v) is 17.1. The fraction of sp³-hybridized carbons (Fsp3) is 0.435. The van der Waals surface area contributed by atoms with Gasteiger partial charge in [-0.3, -0.25) is 9.59 Å². The Morgan fingerprint density at radius 1 is 1.17 bits per heavy atom. The zero-order valence-electron chi connectivity index (χ0n) is 17.1. The van der Waals surface area contributed by atoms with Crippen LogP contribution in [0.25, 0.3) is 0 Å². The maximum absolute atomic E-state index is 12.2. The number of rotatable bonds is 8. The van der Waals surface area contributed by atoms with E-state index in [1.165, 1.54) is 11.1 Å². The quantitative estimate of drug-likeness (QED) is 0.671. The molecule has 0 spiro atoms. The molecule has 1 aromatic carbocycles. The van der Waals surface area contributed by atoms with Gasteiger partial charge in [0.15, 0.2) is 0 Å². The van der Waals surface area contributed by atoms with Crippen molar-refractivity contribution in [1.82, 2.24) is 4.98 Å². The largest absolute Gasteiger partial charge is 0.369 e. The highest BCUT2D eigenvalue weighted by Gasteiger charge is 2.24. The van der Waals surface area contributed by atoms with Gasteiger partial charge in [-0.2, -0.15) is 0 Å². The Bertz CT molecular complexity index is 818. The number of carbonyl (C=O) groups is 2. The smallest absolute Gasteiger partial charge is 0.224 e. The second-order valence-corrected chi connectivity index (χ2v) is 7.83. The molecular formula is C23H30N4O2. The van der Waals surface area contributed by atoms with Crippen LogP contribution in [0.4, 0.5) is 11.5 Å². The first-order valence-corrected chi connectivity index (χ1v) is 10.4. The van der Waals surface area contributed by atoms with Gasteiger partial charge < -0.3 is 16.0 Å². The molecule has 2 aromatic rings. The summed E-state index contributed by atoms with van der Waals surface area (Å²) in [6.45, 7) is 3.55. The topological polar surface area (TPSA) is 88.3 Å². The van der Waals surface area contributed by atoms with Crippen molar-refractivity contribution in [2.75, 3.05) is 23.3 Å². The van der Waals surface area contributed by atoms with Crippen LogP contribution in [0.2, 0.25) is 0 Å². The molecule has 154 valence electrons. The maximum atomic E-state index is 12.2. The van der Waals surface area contributed by atoms with Crippen molar-refractivity contribution in [1.29, 1.82) is 0 Å². The van der Waals surface area contributed by atoms with Gasteiger partial charge in [0.1, 0.15) is 5.82 Å². The van der Waals surface area contributed by atoms with Gasteiger partial charge >= 0.3 is 0 Å². The van der Waals surface area contributed by atoms with E-state index in [2.05, 4.69) is 46.4 Å². The Morgan fingerprint density at radius 2 is 1.97 bits per heavy atom. The highest BCUT2D eigenvalue weighted by Crippen LogP contribution is 2.22. The van der Waals surface area contributed by atoms with E-state index in [0.29, 0.717) is 18.7 Å². The molecule has 3 N–H and O–H groups in total. The molecule has 1 aliphatic heterocycles. The first kappa shape index (κ1) is 20.8. The number of piperidine rings is 1. The summed E-state index contributed by atoms with van der Waals surface area (Å²) in [4.78, 5) is 30.1. The minimum absolute atomic E-state index is 0.00946. The Hall–Kier alpha value is -2.89. The van der Waals surface area contributed by atoms with Crippen molar-refractivity contribution >= 4 is 23.3 Å². The molecule has 0 bridgehead atoms. The lowest BCUT2D eigenvalue weighted by Crippen LogP contribution is -2.41. The standard InChI is InChI=1S/C23H30N4O2/c1-17-8-10-18(11-9-17)5-2-3-7-22(28)26-20-12-13-21(25-15-20)27-14-4-6-19(16-27)23(24)29/h8-13,15,19H,2-7,14,16H2,1H3,(H2,24,29)(H,26,28). The third-order valence-corrected chi connectivity index (χ3v) is 5.42. The summed E-state index contributed by atoms with van der Waals surface area (Å²) < 4.78 is 0. The Balaban J connectivity index is 1.41. The monoisotopic (exact) mass is 394 g/mol. The van der Waals surface area contributed by atoms with Crippen LogP contribution in [0, 0.1) is 12.8 Å². The Morgan fingerprint density at radius 3 is 2.66 bits per heavy atom. The predicted molar refractivity (Wildman–Crippen MR) is 116 cm³/mol. The number of anilines is 2. The molecular weight excluding hydrogens is 364 g/mol. The van der Waals surface area contributed by atoms with Crippen LogP contribution >= 0.6 is 0 Å². The minimum atomic E-state index is -0.249. The molecule has 6 nitrogen and oxygen atoms in total. The third-order valence-electron chi connectivity index (χ3n) is 5.42. The van der Waals surface area contributed by atoms with Gasteiger partial charge in [0.25, 0.3) is 0 Å². The molecule has 1 aliphatic rings. The summed E-state index contributed by atoms with van der Waals surface area (Å²) >= 11 is 0. The predicted octanol–water partition coefficient (Wildman–Crippen LogP) is 3.44. The molecule has 1 fully saturated rings. The van der Waals surface area contributed by atoms with Crippen LogP contribution < -0.4 is 16.0 Å². The number of aryl methyl sites for hydroxylation is 2. The molecule has 1 aromatic heterocycles. The molecule has 2 amide bonds. The van der Waals surface area contributed by atoms with Gasteiger partial charge in [-0.15, -0.1) is 0 Å². The zero-order chi connectivity index (χ0) is 20.6. The first-order valence-electron chi connectivity index (χ1n) is 10.4. The summed E-state index contributed by atoms with van der Waals surface area (Å²) in [5.74, 6) is 0.452. The summed E-state index contributed by atoms with van der Waals surface area (Å²) in [6.07, 6.45) is 6.77. The number of primary amides is 1. The number of hydrogen-bond acceptors (Lipinski definition) is 4. The summed E-state index contributed by atoms with van der Waals surface area (Å²) in [5.41, 5.74) is 8.71. The summed E-state index contributed by atoms with van der Waals surface area (Å²) in [6, 6.07) is 12.3. The van der Waals surface area contributed by atoms with Crippen molar-refractivity contribution in [3.05, 3.63) is 53.7 Å². The Labute approximate surface area is 172 Å². The van der Waals surface area contributed by atoms with Gasteiger partial charge in [0.05, 0.1) is 17.8 Å². The van der Waals surface area contributed by atoms with Gasteiger partial charge in [-0.1, -0.05) is 29.8 Å². The van der Waals surface area contributed by atoms with Crippen molar-refractivity contribution in [2.45, 2.75) is 45.4 Å². The fourth-order valence-electron chi connectivity index (χ4n) is 3.66. The number of nitrogens with one attached hydrogen (secondary N) is 1. The maximum Gasteiger partial charge on any atom is 0.224 e. The molecule has 1 unspecified atom stereocenters. The SMILES string of the molecule is Cc1ccc(CCCCC(=O)Nc2ccc(N3CCCC(C(N)=O)C3)nc2)cc1. The third kappa shape index (κ3) is 6.31. The van der Waals surface area contributed by atoms with Crippen LogP contribution in [-0.4, -0.2) is 29.9 Å². The van der Waals surface area contributed by atoms with Crippen LogP contribution in [0.1, 0.15) is 43.2 Å². The molecule has 1 atom stereocenters. The van der Waals surface area contributed by atoms with E-state index in [-0.39, 0.29) is 17.7 Å². The molecule has 3 rings (SSSR count). The number of unbranched alkanes of at least 4 members (excludes halogenated alkanes) is 1. The molecule has 6 heteroatoms. The van der Waals surface area contributed by atoms with E-state index in [1.807, 2.05) is 12.1 Å². The van der Waals surface area contributed by atoms with E-state index in [4.69, 9.17) is 5.73 Å². The van der Waals surface area contributed by atoms with Crippen molar-refractivity contribution in [2.24, 2.45) is 11.7 Å². The Kier molecular flexibility index (Phi) is 7.22. The molecule has 0 aliphatic carbocycles. The van der Waals surface area contributed by atoms with Gasteiger partial charge in [-0.25, -0.2) is 4.98 Å². The lowest BCUT2D eigenvalue weighted by molar-refractivity contribution is -0.122. The van der Waals surface area contributed by atoms with Gasteiger partial charge in [0.2, 0.25) is 11.8 Å². The molecule has 1 saturated heterocycles. The lowest BCUT2D eigenvalue weighted by atomic mass is 9.97. The fourth-order valence-corrected chi connectivity index (χ4v) is 3.66. The molecule has 0 radical (unpaired) electrons. The summed E-state index contributed by atoms with van der Waals surface area (Å²) in [5, 5.41) is 2.91. The highest BCUT2D eigenvalue weighted by atomic mass is 16.2. The average molecular weight is 395 g/mol.